The summed E-state index contributed by atoms with van der Waals surface area (Å²) in [6.07, 6.45) is 0. The molecule has 10 heteroatoms. The molecule has 6 nitrogen and oxygen atoms in total. The van der Waals surface area contributed by atoms with Gasteiger partial charge >= 0.3 is 0 Å². The maximum Gasteiger partial charge on any atom is 0.167 e. The highest BCUT2D eigenvalue weighted by molar-refractivity contribution is 9.28. The molecule has 0 bridgehead atoms. The summed E-state index contributed by atoms with van der Waals surface area (Å²) in [7, 11) is -11.5. The molecule has 0 atom stereocenters. The maximum atomic E-state index is 13.0. The number of fused-ring (bicyclic) bond motifs is 2. The van der Waals surface area contributed by atoms with E-state index in [1.807, 2.05) is 0 Å². The van der Waals surface area contributed by atoms with Gasteiger partial charge in [-0.2, -0.15) is 0 Å². The third kappa shape index (κ3) is 4.18. The molecule has 4 N–H and O–H groups in total. The first-order valence-corrected chi connectivity index (χ1v) is 15.5. The van der Waals surface area contributed by atoms with E-state index in [-0.39, 0.29) is 29.4 Å². The fraction of sp³-hybridized carbons (Fsp3) is 0. The van der Waals surface area contributed by atoms with E-state index < -0.39 is 17.3 Å². The second-order valence-electron chi connectivity index (χ2n) is 6.75. The summed E-state index contributed by atoms with van der Waals surface area (Å²) in [4.78, 5) is -0.658. The van der Waals surface area contributed by atoms with Crippen molar-refractivity contribution in [2.24, 2.45) is 0 Å². The normalized spacial score (nSPS) is 15.3. The lowest BCUT2D eigenvalue weighted by Crippen LogP contribution is -2.30. The maximum absolute atomic E-state index is 13.0. The Bertz CT molecular complexity index is 1310. The Labute approximate surface area is 179 Å². The Morgan fingerprint density at radius 3 is 1.20 bits per heavy atom. The number of hydrogen-bond acceptors (Lipinski definition) is 4. The summed E-state index contributed by atoms with van der Waals surface area (Å²) in [5.41, 5.74) is 0. The largest absolute Gasteiger partial charge is 0.296 e. The lowest BCUT2D eigenvalue weighted by atomic mass is 10.1. The molecule has 158 valence electrons. The van der Waals surface area contributed by atoms with Gasteiger partial charge in [0.2, 0.25) is 0 Å². The standard InChI is InChI=1S/C20H18O6S4/c21-29(22,23,19-11-9-15-5-1-3-7-17(15)13-19)27-28-30(24,25,26)20-12-10-16-6-2-4-8-18(16)14-20/h1-14H,(H2,21,22,23)(H2,24,25,26). The van der Waals surface area contributed by atoms with Gasteiger partial charge in [-0.25, -0.2) is 8.42 Å². The predicted molar refractivity (Wildman–Crippen MR) is 126 cm³/mol. The third-order valence-corrected chi connectivity index (χ3v) is 16.4. The lowest BCUT2D eigenvalue weighted by Gasteiger charge is -2.34. The van der Waals surface area contributed by atoms with E-state index in [0.29, 0.717) is 10.8 Å². The minimum atomic E-state index is -5.60. The van der Waals surface area contributed by atoms with Crippen molar-refractivity contribution in [2.45, 2.75) is 9.79 Å². The van der Waals surface area contributed by atoms with Crippen molar-refractivity contribution in [3.8, 4) is 0 Å². The molecule has 0 radical (unpaired) electrons. The highest BCUT2D eigenvalue weighted by Gasteiger charge is 2.43. The van der Waals surface area contributed by atoms with E-state index in [0.717, 1.165) is 10.8 Å². The second-order valence-corrected chi connectivity index (χ2v) is 18.0. The zero-order valence-electron chi connectivity index (χ0n) is 15.3. The zero-order chi connectivity index (χ0) is 21.7. The van der Waals surface area contributed by atoms with E-state index in [1.54, 1.807) is 60.7 Å². The molecule has 30 heavy (non-hydrogen) atoms. The minimum Gasteiger partial charge on any atom is -0.296 e. The van der Waals surface area contributed by atoms with E-state index in [2.05, 4.69) is 0 Å². The molecule has 0 saturated carbocycles. The van der Waals surface area contributed by atoms with Crippen LogP contribution in [0.25, 0.3) is 21.5 Å². The molecule has 0 spiro atoms. The molecule has 0 fully saturated rings. The van der Waals surface area contributed by atoms with Gasteiger partial charge in [0.05, 0.1) is 29.4 Å². The van der Waals surface area contributed by atoms with Crippen molar-refractivity contribution in [3.63, 3.8) is 0 Å². The molecule has 4 aromatic rings. The van der Waals surface area contributed by atoms with Crippen LogP contribution in [0.1, 0.15) is 0 Å². The van der Waals surface area contributed by atoms with E-state index >= 15 is 0 Å². The number of benzene rings is 4. The predicted octanol–water partition coefficient (Wildman–Crippen LogP) is 6.15. The van der Waals surface area contributed by atoms with Gasteiger partial charge in [0.15, 0.2) is 17.3 Å². The minimum absolute atomic E-state index is 0.135. The van der Waals surface area contributed by atoms with Gasteiger partial charge in [0.25, 0.3) is 0 Å². The van der Waals surface area contributed by atoms with Crippen molar-refractivity contribution in [1.82, 2.24) is 0 Å². The van der Waals surface area contributed by atoms with Crippen LogP contribution in [0.2, 0.25) is 0 Å². The molecule has 0 aliphatic heterocycles. The summed E-state index contributed by atoms with van der Waals surface area (Å²) in [5.74, 6) is 0. The van der Waals surface area contributed by atoms with Crippen LogP contribution in [0.15, 0.2) is 94.7 Å². The molecule has 0 unspecified atom stereocenters. The Morgan fingerprint density at radius 2 is 0.833 bits per heavy atom. The van der Waals surface area contributed by atoms with Crippen LogP contribution in [0.5, 0.6) is 0 Å². The molecule has 0 heterocycles. The summed E-state index contributed by atoms with van der Waals surface area (Å²) in [6, 6.07) is 22.4. The Morgan fingerprint density at radius 1 is 0.500 bits per heavy atom. The van der Waals surface area contributed by atoms with Crippen molar-refractivity contribution in [1.29, 1.82) is 0 Å². The molecule has 0 aromatic heterocycles. The molecular formula is C20H18O6S4. The Kier molecular flexibility index (Phi) is 4.92. The van der Waals surface area contributed by atoms with Crippen LogP contribution < -0.4 is 0 Å². The fourth-order valence-corrected chi connectivity index (χ4v) is 14.9. The van der Waals surface area contributed by atoms with Crippen LogP contribution in [0, 0.1) is 0 Å². The van der Waals surface area contributed by atoms with Crippen LogP contribution in [-0.2, 0) is 17.3 Å². The summed E-state index contributed by atoms with van der Waals surface area (Å²) in [5, 5.41) is 2.82. The summed E-state index contributed by atoms with van der Waals surface area (Å²) < 4.78 is 68.0. The zero-order valence-corrected chi connectivity index (χ0v) is 18.6. The van der Waals surface area contributed by atoms with Crippen LogP contribution >= 0.6 is 19.7 Å². The topological polar surface area (TPSA) is 115 Å². The molecule has 0 aliphatic rings. The highest BCUT2D eigenvalue weighted by Crippen LogP contribution is 2.57. The Hall–Kier alpha value is -1.76. The van der Waals surface area contributed by atoms with Crippen molar-refractivity contribution >= 4 is 58.5 Å². The SMILES string of the molecule is O=S(O)(O)(SSS(=O)(O)(O)c1ccc2ccccc2c1)c1ccc2ccccc2c1. The third-order valence-electron chi connectivity index (χ3n) is 4.52. The smallest absolute Gasteiger partial charge is 0.167 e. The van der Waals surface area contributed by atoms with Gasteiger partial charge in [0.1, 0.15) is 0 Å². The monoisotopic (exact) mass is 482 g/mol. The number of rotatable bonds is 5. The van der Waals surface area contributed by atoms with E-state index in [4.69, 9.17) is 0 Å². The summed E-state index contributed by atoms with van der Waals surface area (Å²) >= 11 is 0. The van der Waals surface area contributed by atoms with Gasteiger partial charge in [-0.1, -0.05) is 60.7 Å². The first-order valence-electron chi connectivity index (χ1n) is 8.60. The van der Waals surface area contributed by atoms with Crippen molar-refractivity contribution in [3.05, 3.63) is 84.9 Å². The first kappa shape index (κ1) is 21.5. The van der Waals surface area contributed by atoms with Crippen LogP contribution in [0.4, 0.5) is 0 Å². The molecular weight excluding hydrogens is 464 g/mol. The molecule has 0 saturated heterocycles. The van der Waals surface area contributed by atoms with Gasteiger partial charge < -0.3 is 0 Å². The molecule has 0 amide bonds. The van der Waals surface area contributed by atoms with Crippen LogP contribution in [-0.4, -0.2) is 26.6 Å². The Balaban J connectivity index is 1.69. The fourth-order valence-electron chi connectivity index (χ4n) is 2.95. The second kappa shape index (κ2) is 6.87. The molecule has 4 aromatic carbocycles. The van der Waals surface area contributed by atoms with E-state index in [1.165, 1.54) is 24.3 Å². The average Bonchev–Trinajstić information content (AvgIpc) is 2.71. The number of hydrogen-bond donors (Lipinski definition) is 4. The van der Waals surface area contributed by atoms with Gasteiger partial charge in [-0.05, 0) is 45.8 Å². The first-order chi connectivity index (χ1) is 13.9. The van der Waals surface area contributed by atoms with E-state index in [9.17, 15) is 26.6 Å². The van der Waals surface area contributed by atoms with Gasteiger partial charge in [-0.15, -0.1) is 0 Å². The van der Waals surface area contributed by atoms with Gasteiger partial charge in [0, 0.05) is 0 Å². The molecule has 0 aliphatic carbocycles. The lowest BCUT2D eigenvalue weighted by molar-refractivity contribution is 0.412. The van der Waals surface area contributed by atoms with Crippen LogP contribution in [0.3, 0.4) is 0 Å². The molecule has 4 rings (SSSR count). The van der Waals surface area contributed by atoms with Crippen molar-refractivity contribution < 1.29 is 26.6 Å². The highest BCUT2D eigenvalue weighted by atomic mass is 33.7. The quantitative estimate of drug-likeness (QED) is 0.250. The summed E-state index contributed by atoms with van der Waals surface area (Å²) in [6.45, 7) is 0. The average molecular weight is 483 g/mol. The van der Waals surface area contributed by atoms with Gasteiger partial charge in [-0.3, -0.25) is 18.2 Å². The van der Waals surface area contributed by atoms with Crippen molar-refractivity contribution in [2.75, 3.05) is 0 Å².